The molecule has 0 atom stereocenters. The predicted molar refractivity (Wildman–Crippen MR) is 55.0 cm³/mol. The SMILES string of the molecule is Fc1ccc2c(c1)nc1n2CCCS1. The average Bonchev–Trinajstić information content (AvgIpc) is 2.54. The highest BCUT2D eigenvalue weighted by molar-refractivity contribution is 7.99. The van der Waals surface area contributed by atoms with Gasteiger partial charge in [-0.05, 0) is 18.6 Å². The number of rotatable bonds is 0. The van der Waals surface area contributed by atoms with Gasteiger partial charge in [-0.1, -0.05) is 11.8 Å². The van der Waals surface area contributed by atoms with Crippen molar-refractivity contribution in [1.29, 1.82) is 0 Å². The summed E-state index contributed by atoms with van der Waals surface area (Å²) < 4.78 is 15.1. The number of halogens is 1. The van der Waals surface area contributed by atoms with E-state index in [-0.39, 0.29) is 5.82 Å². The summed E-state index contributed by atoms with van der Waals surface area (Å²) in [7, 11) is 0. The molecule has 2 nitrogen and oxygen atoms in total. The van der Waals surface area contributed by atoms with Crippen molar-refractivity contribution in [2.75, 3.05) is 5.75 Å². The van der Waals surface area contributed by atoms with Gasteiger partial charge in [-0.15, -0.1) is 0 Å². The van der Waals surface area contributed by atoms with Crippen molar-refractivity contribution in [1.82, 2.24) is 9.55 Å². The third kappa shape index (κ3) is 1.14. The van der Waals surface area contributed by atoms with Crippen LogP contribution in [0.2, 0.25) is 0 Å². The second-order valence-electron chi connectivity index (χ2n) is 3.38. The molecule has 1 aliphatic heterocycles. The molecule has 1 aromatic carbocycles. The molecule has 0 N–H and O–H groups in total. The molecule has 1 aromatic heterocycles. The van der Waals surface area contributed by atoms with Gasteiger partial charge >= 0.3 is 0 Å². The minimum absolute atomic E-state index is 0.210. The van der Waals surface area contributed by atoms with Gasteiger partial charge in [0.05, 0.1) is 11.0 Å². The highest BCUT2D eigenvalue weighted by Crippen LogP contribution is 2.28. The largest absolute Gasteiger partial charge is 0.319 e. The standard InChI is InChI=1S/C10H9FN2S/c11-7-2-3-9-8(6-7)12-10-13(9)4-1-5-14-10/h2-3,6H,1,4-5H2. The average molecular weight is 208 g/mol. The summed E-state index contributed by atoms with van der Waals surface area (Å²) in [5, 5.41) is 1.02. The van der Waals surface area contributed by atoms with E-state index in [1.807, 2.05) is 6.07 Å². The highest BCUT2D eigenvalue weighted by atomic mass is 32.2. The normalized spacial score (nSPS) is 15.8. The molecule has 2 aromatic rings. The van der Waals surface area contributed by atoms with E-state index < -0.39 is 0 Å². The minimum atomic E-state index is -0.210. The van der Waals surface area contributed by atoms with Crippen LogP contribution < -0.4 is 0 Å². The molecule has 2 heterocycles. The predicted octanol–water partition coefficient (Wildman–Crippen LogP) is 2.67. The smallest absolute Gasteiger partial charge is 0.169 e. The molecule has 0 radical (unpaired) electrons. The van der Waals surface area contributed by atoms with Gasteiger partial charge in [-0.3, -0.25) is 0 Å². The lowest BCUT2D eigenvalue weighted by Gasteiger charge is -2.12. The fourth-order valence-corrected chi connectivity index (χ4v) is 2.76. The molecule has 72 valence electrons. The first-order chi connectivity index (χ1) is 6.84. The van der Waals surface area contributed by atoms with Gasteiger partial charge in [-0.2, -0.15) is 0 Å². The maximum absolute atomic E-state index is 12.9. The maximum atomic E-state index is 12.9. The van der Waals surface area contributed by atoms with Crippen molar-refractivity contribution in [2.45, 2.75) is 18.1 Å². The van der Waals surface area contributed by atoms with Crippen LogP contribution in [0.15, 0.2) is 23.4 Å². The van der Waals surface area contributed by atoms with Crippen LogP contribution >= 0.6 is 11.8 Å². The number of thioether (sulfide) groups is 1. The third-order valence-corrected chi connectivity index (χ3v) is 3.50. The Labute approximate surface area is 85.1 Å². The number of benzene rings is 1. The first-order valence-electron chi connectivity index (χ1n) is 4.63. The van der Waals surface area contributed by atoms with E-state index in [2.05, 4.69) is 9.55 Å². The van der Waals surface area contributed by atoms with E-state index >= 15 is 0 Å². The van der Waals surface area contributed by atoms with Gasteiger partial charge in [0.15, 0.2) is 5.16 Å². The minimum Gasteiger partial charge on any atom is -0.319 e. The van der Waals surface area contributed by atoms with Gasteiger partial charge < -0.3 is 4.57 Å². The Kier molecular flexibility index (Phi) is 1.77. The van der Waals surface area contributed by atoms with Gasteiger partial charge in [-0.25, -0.2) is 9.37 Å². The number of fused-ring (bicyclic) bond motifs is 3. The molecule has 1 aliphatic rings. The van der Waals surface area contributed by atoms with Gasteiger partial charge in [0.25, 0.3) is 0 Å². The lowest BCUT2D eigenvalue weighted by molar-refractivity contribution is 0.622. The molecule has 0 unspecified atom stereocenters. The molecular formula is C10H9FN2S. The molecule has 0 bridgehead atoms. The molecule has 0 saturated heterocycles. The van der Waals surface area contributed by atoms with Crippen LogP contribution in [0, 0.1) is 5.82 Å². The first-order valence-corrected chi connectivity index (χ1v) is 5.62. The number of nitrogens with zero attached hydrogens (tertiary/aromatic N) is 2. The molecule has 0 saturated carbocycles. The molecule has 14 heavy (non-hydrogen) atoms. The number of hydrogen-bond acceptors (Lipinski definition) is 2. The Balaban J connectivity index is 2.31. The summed E-state index contributed by atoms with van der Waals surface area (Å²) in [6.45, 7) is 1.00. The number of aromatic nitrogens is 2. The van der Waals surface area contributed by atoms with Crippen molar-refractivity contribution in [3.05, 3.63) is 24.0 Å². The zero-order valence-electron chi connectivity index (χ0n) is 7.53. The van der Waals surface area contributed by atoms with Crippen LogP contribution in [0.25, 0.3) is 11.0 Å². The van der Waals surface area contributed by atoms with E-state index in [0.717, 1.165) is 28.5 Å². The van der Waals surface area contributed by atoms with E-state index in [1.165, 1.54) is 18.6 Å². The summed E-state index contributed by atoms with van der Waals surface area (Å²) in [5.41, 5.74) is 1.82. The Morgan fingerprint density at radius 2 is 2.36 bits per heavy atom. The van der Waals surface area contributed by atoms with Crippen molar-refractivity contribution in [3.63, 3.8) is 0 Å². The lowest BCUT2D eigenvalue weighted by atomic mass is 10.3. The second kappa shape index (κ2) is 2.98. The molecule has 0 aliphatic carbocycles. The monoisotopic (exact) mass is 208 g/mol. The van der Waals surface area contributed by atoms with E-state index in [4.69, 9.17) is 0 Å². The van der Waals surface area contributed by atoms with Gasteiger partial charge in [0, 0.05) is 18.4 Å². The van der Waals surface area contributed by atoms with Gasteiger partial charge in [0.2, 0.25) is 0 Å². The summed E-state index contributed by atoms with van der Waals surface area (Å²) in [4.78, 5) is 4.40. The summed E-state index contributed by atoms with van der Waals surface area (Å²) in [6, 6.07) is 4.81. The Morgan fingerprint density at radius 3 is 3.29 bits per heavy atom. The molecule has 0 fully saturated rings. The van der Waals surface area contributed by atoms with Crippen LogP contribution in [-0.4, -0.2) is 15.3 Å². The van der Waals surface area contributed by atoms with E-state index in [0.29, 0.717) is 0 Å². The molecule has 3 rings (SSSR count). The topological polar surface area (TPSA) is 17.8 Å². The zero-order chi connectivity index (χ0) is 9.54. The fourth-order valence-electron chi connectivity index (χ4n) is 1.79. The number of hydrogen-bond donors (Lipinski definition) is 0. The van der Waals surface area contributed by atoms with Crippen LogP contribution in [0.3, 0.4) is 0 Å². The fraction of sp³-hybridized carbons (Fsp3) is 0.300. The Morgan fingerprint density at radius 1 is 1.43 bits per heavy atom. The van der Waals surface area contributed by atoms with Crippen molar-refractivity contribution in [3.8, 4) is 0 Å². The maximum Gasteiger partial charge on any atom is 0.169 e. The number of imidazole rings is 1. The van der Waals surface area contributed by atoms with Crippen molar-refractivity contribution in [2.24, 2.45) is 0 Å². The Hall–Kier alpha value is -1.03. The summed E-state index contributed by atoms with van der Waals surface area (Å²) in [5.74, 6) is 0.907. The van der Waals surface area contributed by atoms with Crippen molar-refractivity contribution < 1.29 is 4.39 Å². The van der Waals surface area contributed by atoms with E-state index in [1.54, 1.807) is 11.8 Å². The second-order valence-corrected chi connectivity index (χ2v) is 4.44. The highest BCUT2D eigenvalue weighted by Gasteiger charge is 2.14. The Bertz CT molecular complexity index is 492. The quantitative estimate of drug-likeness (QED) is 0.662. The number of aryl methyl sites for hydroxylation is 1. The van der Waals surface area contributed by atoms with Crippen LogP contribution in [0.1, 0.15) is 6.42 Å². The molecule has 0 spiro atoms. The molecular weight excluding hydrogens is 199 g/mol. The zero-order valence-corrected chi connectivity index (χ0v) is 8.35. The summed E-state index contributed by atoms with van der Waals surface area (Å²) >= 11 is 1.75. The van der Waals surface area contributed by atoms with Crippen LogP contribution in [0.4, 0.5) is 4.39 Å². The van der Waals surface area contributed by atoms with Crippen LogP contribution in [-0.2, 0) is 6.54 Å². The van der Waals surface area contributed by atoms with Gasteiger partial charge in [0.1, 0.15) is 5.82 Å². The van der Waals surface area contributed by atoms with E-state index in [9.17, 15) is 4.39 Å². The lowest BCUT2D eigenvalue weighted by Crippen LogP contribution is -2.06. The van der Waals surface area contributed by atoms with Crippen molar-refractivity contribution >= 4 is 22.8 Å². The van der Waals surface area contributed by atoms with Crippen LogP contribution in [0.5, 0.6) is 0 Å². The molecule has 4 heteroatoms. The molecule has 0 amide bonds. The first kappa shape index (κ1) is 8.29. The third-order valence-electron chi connectivity index (χ3n) is 2.43. The summed E-state index contributed by atoms with van der Waals surface area (Å²) in [6.07, 6.45) is 1.17.